The number of rotatable bonds is 3. The maximum Gasteiger partial charge on any atom is 0.251 e. The summed E-state index contributed by atoms with van der Waals surface area (Å²) in [5, 5.41) is 11.6. The molecule has 1 aromatic heterocycles. The van der Waals surface area contributed by atoms with Crippen molar-refractivity contribution >= 4 is 16.9 Å². The Hall–Kier alpha value is -3.13. The van der Waals surface area contributed by atoms with Crippen LogP contribution in [-0.2, 0) is 13.6 Å². The molecular weight excluding hydrogens is 276 g/mol. The molecule has 22 heavy (non-hydrogen) atoms. The number of benzene rings is 2. The quantitative estimate of drug-likeness (QED) is 0.805. The summed E-state index contributed by atoms with van der Waals surface area (Å²) in [6.07, 6.45) is 1.77. The first-order valence-electron chi connectivity index (χ1n) is 6.86. The zero-order valence-electron chi connectivity index (χ0n) is 12.1. The van der Waals surface area contributed by atoms with Gasteiger partial charge in [-0.2, -0.15) is 5.26 Å². The highest BCUT2D eigenvalue weighted by Gasteiger charge is 2.06. The number of nitrogens with zero attached hydrogens (tertiary/aromatic N) is 3. The summed E-state index contributed by atoms with van der Waals surface area (Å²) < 4.78 is 1.95. The fourth-order valence-electron chi connectivity index (χ4n) is 2.27. The minimum absolute atomic E-state index is 0.161. The van der Waals surface area contributed by atoms with Gasteiger partial charge in [0, 0.05) is 19.2 Å². The molecule has 0 radical (unpaired) electrons. The molecule has 0 unspecified atom stereocenters. The molecule has 0 atom stereocenters. The van der Waals surface area contributed by atoms with Gasteiger partial charge in [0.1, 0.15) is 0 Å². The van der Waals surface area contributed by atoms with Crippen LogP contribution in [0.5, 0.6) is 0 Å². The average molecular weight is 290 g/mol. The number of amides is 1. The van der Waals surface area contributed by atoms with Gasteiger partial charge in [0.2, 0.25) is 0 Å². The summed E-state index contributed by atoms with van der Waals surface area (Å²) in [5.74, 6) is -0.161. The van der Waals surface area contributed by atoms with E-state index in [4.69, 9.17) is 5.26 Å². The summed E-state index contributed by atoms with van der Waals surface area (Å²) in [6, 6.07) is 14.5. The van der Waals surface area contributed by atoms with E-state index in [1.165, 1.54) is 0 Å². The van der Waals surface area contributed by atoms with Crippen molar-refractivity contribution in [1.82, 2.24) is 14.9 Å². The molecule has 1 N–H and O–H groups in total. The highest BCUT2D eigenvalue weighted by atomic mass is 16.1. The van der Waals surface area contributed by atoms with Crippen LogP contribution in [0.2, 0.25) is 0 Å². The fraction of sp³-hybridized carbons (Fsp3) is 0.118. The molecule has 1 amide bonds. The van der Waals surface area contributed by atoms with Gasteiger partial charge < -0.3 is 9.88 Å². The van der Waals surface area contributed by atoms with Crippen LogP contribution in [0.25, 0.3) is 11.0 Å². The van der Waals surface area contributed by atoms with Crippen LogP contribution in [0.4, 0.5) is 0 Å². The SMILES string of the molecule is Cn1cnc2cc(CNC(=O)c3ccc(C#N)cc3)ccc21. The van der Waals surface area contributed by atoms with Crippen LogP contribution >= 0.6 is 0 Å². The molecule has 0 aliphatic rings. The van der Waals surface area contributed by atoms with Crippen LogP contribution in [0.3, 0.4) is 0 Å². The van der Waals surface area contributed by atoms with Gasteiger partial charge in [-0.25, -0.2) is 4.98 Å². The standard InChI is InChI=1S/C17H14N4O/c1-21-11-20-15-8-13(4-7-16(15)21)10-19-17(22)14-5-2-12(9-18)3-6-14/h2-8,11H,10H2,1H3,(H,19,22). The highest BCUT2D eigenvalue weighted by Crippen LogP contribution is 2.14. The van der Waals surface area contributed by atoms with E-state index in [-0.39, 0.29) is 5.91 Å². The molecule has 3 rings (SSSR count). The lowest BCUT2D eigenvalue weighted by Gasteiger charge is -2.06. The Bertz CT molecular complexity index is 872. The largest absolute Gasteiger partial charge is 0.348 e. The van der Waals surface area contributed by atoms with E-state index in [0.717, 1.165) is 16.6 Å². The van der Waals surface area contributed by atoms with Crippen LogP contribution in [0, 0.1) is 11.3 Å². The molecule has 0 bridgehead atoms. The molecule has 5 nitrogen and oxygen atoms in total. The van der Waals surface area contributed by atoms with Gasteiger partial charge in [0.05, 0.1) is 29.0 Å². The van der Waals surface area contributed by atoms with Crippen LogP contribution in [-0.4, -0.2) is 15.5 Å². The van der Waals surface area contributed by atoms with E-state index in [1.54, 1.807) is 30.6 Å². The van der Waals surface area contributed by atoms with E-state index in [1.807, 2.05) is 35.9 Å². The van der Waals surface area contributed by atoms with Crippen molar-refractivity contribution in [3.8, 4) is 6.07 Å². The molecule has 0 fully saturated rings. The van der Waals surface area contributed by atoms with Gasteiger partial charge >= 0.3 is 0 Å². The van der Waals surface area contributed by atoms with E-state index >= 15 is 0 Å². The first-order chi connectivity index (χ1) is 10.7. The number of hydrogen-bond acceptors (Lipinski definition) is 3. The van der Waals surface area contributed by atoms with Crippen LogP contribution in [0.1, 0.15) is 21.5 Å². The van der Waals surface area contributed by atoms with Gasteiger partial charge in [0.25, 0.3) is 5.91 Å². The van der Waals surface area contributed by atoms with E-state index in [0.29, 0.717) is 17.7 Å². The van der Waals surface area contributed by atoms with Crippen molar-refractivity contribution in [2.75, 3.05) is 0 Å². The Kier molecular flexibility index (Phi) is 3.58. The Morgan fingerprint density at radius 3 is 2.77 bits per heavy atom. The Morgan fingerprint density at radius 1 is 1.27 bits per heavy atom. The summed E-state index contributed by atoms with van der Waals surface area (Å²) in [6.45, 7) is 0.436. The van der Waals surface area contributed by atoms with Crippen molar-refractivity contribution in [3.63, 3.8) is 0 Å². The maximum absolute atomic E-state index is 12.1. The molecule has 0 saturated heterocycles. The molecule has 5 heteroatoms. The van der Waals surface area contributed by atoms with Crippen molar-refractivity contribution in [1.29, 1.82) is 5.26 Å². The molecule has 0 aliphatic carbocycles. The molecule has 0 aliphatic heterocycles. The number of carbonyl (C=O) groups excluding carboxylic acids is 1. The number of hydrogen-bond donors (Lipinski definition) is 1. The first kappa shape index (κ1) is 13.8. The van der Waals surface area contributed by atoms with Gasteiger partial charge in [-0.05, 0) is 42.0 Å². The third-order valence-electron chi connectivity index (χ3n) is 3.52. The predicted octanol–water partition coefficient (Wildman–Crippen LogP) is 2.37. The zero-order valence-corrected chi connectivity index (χ0v) is 12.1. The fourth-order valence-corrected chi connectivity index (χ4v) is 2.27. The summed E-state index contributed by atoms with van der Waals surface area (Å²) >= 11 is 0. The average Bonchev–Trinajstić information content (AvgIpc) is 2.93. The van der Waals surface area contributed by atoms with Crippen LogP contribution < -0.4 is 5.32 Å². The number of fused-ring (bicyclic) bond motifs is 1. The molecule has 1 heterocycles. The van der Waals surface area contributed by atoms with Crippen molar-refractivity contribution in [2.45, 2.75) is 6.54 Å². The minimum Gasteiger partial charge on any atom is -0.348 e. The molecule has 3 aromatic rings. The number of nitrogens with one attached hydrogen (secondary N) is 1. The van der Waals surface area contributed by atoms with E-state index in [2.05, 4.69) is 10.3 Å². The Balaban J connectivity index is 1.70. The third-order valence-corrected chi connectivity index (χ3v) is 3.52. The monoisotopic (exact) mass is 290 g/mol. The second-order valence-corrected chi connectivity index (χ2v) is 5.05. The maximum atomic E-state index is 12.1. The van der Waals surface area contributed by atoms with E-state index < -0.39 is 0 Å². The summed E-state index contributed by atoms with van der Waals surface area (Å²) in [5.41, 5.74) is 4.04. The minimum atomic E-state index is -0.161. The van der Waals surface area contributed by atoms with Gasteiger partial charge in [0.15, 0.2) is 0 Å². The van der Waals surface area contributed by atoms with E-state index in [9.17, 15) is 4.79 Å². The lowest BCUT2D eigenvalue weighted by atomic mass is 10.1. The highest BCUT2D eigenvalue weighted by molar-refractivity contribution is 5.94. The Morgan fingerprint density at radius 2 is 2.05 bits per heavy atom. The number of aromatic nitrogens is 2. The first-order valence-corrected chi connectivity index (χ1v) is 6.86. The molecule has 0 spiro atoms. The van der Waals surface area contributed by atoms with Gasteiger partial charge in [-0.3, -0.25) is 4.79 Å². The van der Waals surface area contributed by atoms with Gasteiger partial charge in [-0.1, -0.05) is 6.07 Å². The normalized spacial score (nSPS) is 10.4. The van der Waals surface area contributed by atoms with Crippen molar-refractivity contribution in [3.05, 3.63) is 65.5 Å². The predicted molar refractivity (Wildman–Crippen MR) is 83.0 cm³/mol. The number of nitriles is 1. The third kappa shape index (κ3) is 2.67. The zero-order chi connectivity index (χ0) is 15.5. The van der Waals surface area contributed by atoms with Gasteiger partial charge in [-0.15, -0.1) is 0 Å². The number of carbonyl (C=O) groups is 1. The molecular formula is C17H14N4O. The smallest absolute Gasteiger partial charge is 0.251 e. The molecule has 0 saturated carbocycles. The second-order valence-electron chi connectivity index (χ2n) is 5.05. The second kappa shape index (κ2) is 5.70. The Labute approximate surface area is 127 Å². The van der Waals surface area contributed by atoms with Crippen molar-refractivity contribution in [2.24, 2.45) is 7.05 Å². The lowest BCUT2D eigenvalue weighted by molar-refractivity contribution is 0.0951. The number of imidazole rings is 1. The summed E-state index contributed by atoms with van der Waals surface area (Å²) in [4.78, 5) is 16.4. The molecule has 2 aromatic carbocycles. The van der Waals surface area contributed by atoms with Crippen LogP contribution in [0.15, 0.2) is 48.8 Å². The topological polar surface area (TPSA) is 70.7 Å². The van der Waals surface area contributed by atoms with Crippen molar-refractivity contribution < 1.29 is 4.79 Å². The lowest BCUT2D eigenvalue weighted by Crippen LogP contribution is -2.22. The summed E-state index contributed by atoms with van der Waals surface area (Å²) in [7, 11) is 1.95. The molecule has 108 valence electrons. The number of aryl methyl sites for hydroxylation is 1.